The zero-order valence-corrected chi connectivity index (χ0v) is 17.3. The first-order valence-electron chi connectivity index (χ1n) is 10.1. The van der Waals surface area contributed by atoms with E-state index in [1.54, 1.807) is 12.7 Å². The third-order valence-electron chi connectivity index (χ3n) is 5.45. The average molecular weight is 424 g/mol. The maximum atomic E-state index is 11.2. The molecule has 10 heteroatoms. The van der Waals surface area contributed by atoms with Crippen LogP contribution in [0.15, 0.2) is 48.0 Å². The minimum Gasteiger partial charge on any atom is -0.388 e. The van der Waals surface area contributed by atoms with Gasteiger partial charge in [-0.15, -0.1) is 0 Å². The molecule has 31 heavy (non-hydrogen) atoms. The van der Waals surface area contributed by atoms with E-state index in [0.717, 1.165) is 5.56 Å². The van der Waals surface area contributed by atoms with Gasteiger partial charge in [-0.2, -0.15) is 0 Å². The van der Waals surface area contributed by atoms with Gasteiger partial charge >= 0.3 is 0 Å². The van der Waals surface area contributed by atoms with Gasteiger partial charge in [0, 0.05) is 19.7 Å². The van der Waals surface area contributed by atoms with Crippen LogP contribution in [0.1, 0.15) is 17.9 Å². The van der Waals surface area contributed by atoms with E-state index in [2.05, 4.69) is 19.9 Å². The molecule has 0 bridgehead atoms. The second-order valence-electron chi connectivity index (χ2n) is 7.84. The number of hydrogen-bond donors (Lipinski definition) is 1. The van der Waals surface area contributed by atoms with Crippen LogP contribution >= 0.6 is 0 Å². The summed E-state index contributed by atoms with van der Waals surface area (Å²) < 4.78 is 19.7. The van der Waals surface area contributed by atoms with Gasteiger partial charge in [-0.1, -0.05) is 30.3 Å². The lowest BCUT2D eigenvalue weighted by Gasteiger charge is -2.45. The minimum absolute atomic E-state index is 0.289. The van der Waals surface area contributed by atoms with Gasteiger partial charge in [0.25, 0.3) is 0 Å². The SMILES string of the molecule is CN(C)/C=N\c1ncnc2c1ncn2C1COC2COC(c3ccccc3)OC2C1O. The summed E-state index contributed by atoms with van der Waals surface area (Å²) in [6.07, 6.45) is 2.49. The number of aliphatic hydroxyl groups excluding tert-OH is 1. The lowest BCUT2D eigenvalue weighted by atomic mass is 9.97. The molecule has 0 spiro atoms. The molecule has 1 aromatic carbocycles. The third-order valence-corrected chi connectivity index (χ3v) is 5.45. The Bertz CT molecular complexity index is 1070. The van der Waals surface area contributed by atoms with Crippen LogP contribution in [0.4, 0.5) is 5.82 Å². The van der Waals surface area contributed by atoms with Gasteiger partial charge < -0.3 is 28.8 Å². The van der Waals surface area contributed by atoms with Crippen LogP contribution in [0, 0.1) is 0 Å². The van der Waals surface area contributed by atoms with Crippen LogP contribution < -0.4 is 0 Å². The van der Waals surface area contributed by atoms with Gasteiger partial charge in [0.15, 0.2) is 23.3 Å². The van der Waals surface area contributed by atoms with Crippen LogP contribution in [0.3, 0.4) is 0 Å². The lowest BCUT2D eigenvalue weighted by molar-refractivity contribution is -0.306. The number of imidazole rings is 1. The predicted octanol–water partition coefficient (Wildman–Crippen LogP) is 1.46. The molecule has 2 aliphatic rings. The quantitative estimate of drug-likeness (QED) is 0.496. The second-order valence-corrected chi connectivity index (χ2v) is 7.84. The average Bonchev–Trinajstić information content (AvgIpc) is 3.23. The molecule has 0 amide bonds. The molecule has 2 aliphatic heterocycles. The Morgan fingerprint density at radius 1 is 1.13 bits per heavy atom. The van der Waals surface area contributed by atoms with Crippen molar-refractivity contribution in [2.45, 2.75) is 30.6 Å². The Morgan fingerprint density at radius 3 is 2.77 bits per heavy atom. The molecule has 1 N–H and O–H groups in total. The highest BCUT2D eigenvalue weighted by molar-refractivity contribution is 5.83. The first kappa shape index (κ1) is 20.0. The Labute approximate surface area is 179 Å². The monoisotopic (exact) mass is 424 g/mol. The summed E-state index contributed by atoms with van der Waals surface area (Å²) in [5.74, 6) is 0.466. The van der Waals surface area contributed by atoms with E-state index in [-0.39, 0.29) is 12.7 Å². The van der Waals surface area contributed by atoms with Gasteiger partial charge in [-0.05, 0) is 0 Å². The molecule has 5 atom stereocenters. The van der Waals surface area contributed by atoms with Crippen molar-refractivity contribution in [3.05, 3.63) is 48.5 Å². The molecular formula is C21H24N6O4. The summed E-state index contributed by atoms with van der Waals surface area (Å²) in [4.78, 5) is 19.2. The number of rotatable bonds is 4. The van der Waals surface area contributed by atoms with Crippen molar-refractivity contribution in [3.8, 4) is 0 Å². The Morgan fingerprint density at radius 2 is 1.97 bits per heavy atom. The fourth-order valence-electron chi connectivity index (χ4n) is 3.91. The van der Waals surface area contributed by atoms with Crippen molar-refractivity contribution >= 4 is 23.3 Å². The zero-order chi connectivity index (χ0) is 21.4. The van der Waals surface area contributed by atoms with Crippen molar-refractivity contribution in [2.75, 3.05) is 27.3 Å². The van der Waals surface area contributed by atoms with Gasteiger partial charge in [-0.3, -0.25) is 0 Å². The molecule has 5 unspecified atom stereocenters. The molecule has 2 fully saturated rings. The number of hydrogen-bond acceptors (Lipinski definition) is 8. The smallest absolute Gasteiger partial charge is 0.184 e. The Kier molecular flexibility index (Phi) is 5.36. The van der Waals surface area contributed by atoms with E-state index in [1.807, 2.05) is 53.9 Å². The number of benzene rings is 1. The van der Waals surface area contributed by atoms with Crippen molar-refractivity contribution in [3.63, 3.8) is 0 Å². The maximum absolute atomic E-state index is 11.2. The Hall–Kier alpha value is -2.92. The molecule has 2 aromatic heterocycles. The van der Waals surface area contributed by atoms with Crippen molar-refractivity contribution < 1.29 is 19.3 Å². The highest BCUT2D eigenvalue weighted by Crippen LogP contribution is 2.36. The standard InChI is InChI=1S/C21H24N6O4/c1-26(2)11-25-19-16-20(23-10-22-19)27(12-24-16)14-8-29-15-9-30-21(31-18(15)17(14)28)13-6-4-3-5-7-13/h3-7,10-12,14-15,17-18,21,28H,8-9H2,1-2H3/b25-11-. The highest BCUT2D eigenvalue weighted by Gasteiger charge is 2.46. The van der Waals surface area contributed by atoms with Crippen molar-refractivity contribution in [1.82, 2.24) is 24.4 Å². The number of fused-ring (bicyclic) bond motifs is 2. The van der Waals surface area contributed by atoms with Gasteiger partial charge in [0.1, 0.15) is 24.6 Å². The van der Waals surface area contributed by atoms with Crippen LogP contribution in [0.2, 0.25) is 0 Å². The van der Waals surface area contributed by atoms with E-state index in [4.69, 9.17) is 14.2 Å². The summed E-state index contributed by atoms with van der Waals surface area (Å²) in [7, 11) is 3.76. The van der Waals surface area contributed by atoms with Crippen LogP contribution in [-0.4, -0.2) is 81.5 Å². The number of aliphatic hydroxyl groups is 1. The molecule has 5 rings (SSSR count). The van der Waals surface area contributed by atoms with Crippen LogP contribution in [0.25, 0.3) is 11.2 Å². The number of ether oxygens (including phenoxy) is 3. The second kappa shape index (κ2) is 8.31. The number of nitrogens with zero attached hydrogens (tertiary/aromatic N) is 6. The number of aromatic nitrogens is 4. The van der Waals surface area contributed by atoms with Crippen molar-refractivity contribution in [2.24, 2.45) is 4.99 Å². The first-order chi connectivity index (χ1) is 15.1. The van der Waals surface area contributed by atoms with E-state index in [1.165, 1.54) is 6.33 Å². The van der Waals surface area contributed by atoms with Crippen LogP contribution in [0.5, 0.6) is 0 Å². The van der Waals surface area contributed by atoms with E-state index in [0.29, 0.717) is 23.6 Å². The first-order valence-corrected chi connectivity index (χ1v) is 10.1. The molecule has 0 aliphatic carbocycles. The molecule has 0 radical (unpaired) electrons. The summed E-state index contributed by atoms with van der Waals surface area (Å²) in [5.41, 5.74) is 2.04. The minimum atomic E-state index is -0.824. The summed E-state index contributed by atoms with van der Waals surface area (Å²) in [6, 6.07) is 9.26. The molecular weight excluding hydrogens is 400 g/mol. The molecule has 2 saturated heterocycles. The number of aliphatic imine (C=N–C) groups is 1. The lowest BCUT2D eigenvalue weighted by Crippen LogP contribution is -2.56. The largest absolute Gasteiger partial charge is 0.388 e. The summed E-state index contributed by atoms with van der Waals surface area (Å²) in [6.45, 7) is 0.640. The molecule has 10 nitrogen and oxygen atoms in total. The van der Waals surface area contributed by atoms with E-state index in [9.17, 15) is 5.11 Å². The molecule has 3 aromatic rings. The zero-order valence-electron chi connectivity index (χ0n) is 17.3. The summed E-state index contributed by atoms with van der Waals surface area (Å²) >= 11 is 0. The maximum Gasteiger partial charge on any atom is 0.184 e. The Balaban J connectivity index is 1.41. The molecule has 162 valence electrons. The highest BCUT2D eigenvalue weighted by atomic mass is 16.7. The van der Waals surface area contributed by atoms with E-state index >= 15 is 0 Å². The van der Waals surface area contributed by atoms with Crippen molar-refractivity contribution in [1.29, 1.82) is 0 Å². The summed E-state index contributed by atoms with van der Waals surface area (Å²) in [5, 5.41) is 11.2. The topological polar surface area (TPSA) is 107 Å². The predicted molar refractivity (Wildman–Crippen MR) is 112 cm³/mol. The fraction of sp³-hybridized carbons (Fsp3) is 0.429. The van der Waals surface area contributed by atoms with Crippen LogP contribution in [-0.2, 0) is 14.2 Å². The third kappa shape index (κ3) is 3.79. The molecule has 4 heterocycles. The van der Waals surface area contributed by atoms with Gasteiger partial charge in [0.05, 0.1) is 31.9 Å². The normalized spacial score (nSPS) is 28.7. The fourth-order valence-corrected chi connectivity index (χ4v) is 3.91. The van der Waals surface area contributed by atoms with E-state index < -0.39 is 24.5 Å². The molecule has 0 saturated carbocycles. The van der Waals surface area contributed by atoms with Gasteiger partial charge in [-0.25, -0.2) is 19.9 Å². The van der Waals surface area contributed by atoms with Gasteiger partial charge in [0.2, 0.25) is 0 Å².